The molecule has 0 bridgehead atoms. The fourth-order valence-electron chi connectivity index (χ4n) is 3.31. The summed E-state index contributed by atoms with van der Waals surface area (Å²) in [5, 5.41) is 4.28. The van der Waals surface area contributed by atoms with Gasteiger partial charge in [-0.05, 0) is 66.7 Å². The van der Waals surface area contributed by atoms with Crippen molar-refractivity contribution in [3.05, 3.63) is 99.6 Å². The molecule has 152 valence electrons. The molecule has 31 heavy (non-hydrogen) atoms. The van der Waals surface area contributed by atoms with E-state index < -0.39 is 5.91 Å². The zero-order valence-corrected chi connectivity index (χ0v) is 16.6. The van der Waals surface area contributed by atoms with Gasteiger partial charge < -0.3 is 14.2 Å². The lowest BCUT2D eigenvalue weighted by Gasteiger charge is -2.06. The van der Waals surface area contributed by atoms with E-state index in [0.717, 1.165) is 0 Å². The van der Waals surface area contributed by atoms with Crippen LogP contribution in [-0.4, -0.2) is 5.91 Å². The SMILES string of the molecule is O=C(Nc1ccc2oc(-c3ccc(F)cc3)cc(=O)c2c1)c1cc2cc(Cl)ccc2o1. The average Bonchev–Trinajstić information content (AvgIpc) is 3.18. The first kappa shape index (κ1) is 19.1. The van der Waals surface area contributed by atoms with Gasteiger partial charge in [0.2, 0.25) is 0 Å². The molecule has 7 heteroatoms. The summed E-state index contributed by atoms with van der Waals surface area (Å²) in [5.41, 5.74) is 1.61. The van der Waals surface area contributed by atoms with Gasteiger partial charge in [-0.15, -0.1) is 0 Å². The molecule has 5 aromatic rings. The van der Waals surface area contributed by atoms with Gasteiger partial charge in [-0.25, -0.2) is 4.39 Å². The van der Waals surface area contributed by atoms with E-state index in [2.05, 4.69) is 5.32 Å². The Bertz CT molecular complexity index is 1520. The summed E-state index contributed by atoms with van der Waals surface area (Å²) in [5.74, 6) is -0.384. The Morgan fingerprint density at radius 1 is 0.871 bits per heavy atom. The second-order valence-corrected chi connectivity index (χ2v) is 7.38. The largest absolute Gasteiger partial charge is 0.456 e. The van der Waals surface area contributed by atoms with E-state index in [4.69, 9.17) is 20.4 Å². The number of rotatable bonds is 3. The minimum Gasteiger partial charge on any atom is -0.456 e. The van der Waals surface area contributed by atoms with Gasteiger partial charge in [0.25, 0.3) is 5.91 Å². The van der Waals surface area contributed by atoms with Crippen molar-refractivity contribution < 1.29 is 18.0 Å². The number of amides is 1. The number of fused-ring (bicyclic) bond motifs is 2. The number of hydrogen-bond acceptors (Lipinski definition) is 4. The quantitative estimate of drug-likeness (QED) is 0.365. The highest BCUT2D eigenvalue weighted by Gasteiger charge is 2.14. The molecule has 1 N–H and O–H groups in total. The molecule has 0 aliphatic heterocycles. The first-order valence-corrected chi connectivity index (χ1v) is 9.68. The number of halogens is 2. The van der Waals surface area contributed by atoms with Crippen LogP contribution in [0.2, 0.25) is 5.02 Å². The number of carbonyl (C=O) groups excluding carboxylic acids is 1. The van der Waals surface area contributed by atoms with Crippen molar-refractivity contribution in [2.24, 2.45) is 0 Å². The number of carbonyl (C=O) groups is 1. The van der Waals surface area contributed by atoms with Crippen molar-refractivity contribution in [3.8, 4) is 11.3 Å². The Morgan fingerprint density at radius 3 is 2.45 bits per heavy atom. The van der Waals surface area contributed by atoms with E-state index in [1.807, 2.05) is 0 Å². The van der Waals surface area contributed by atoms with Gasteiger partial charge in [-0.2, -0.15) is 0 Å². The molecule has 5 nitrogen and oxygen atoms in total. The highest BCUT2D eigenvalue weighted by molar-refractivity contribution is 6.31. The van der Waals surface area contributed by atoms with Crippen LogP contribution in [0.15, 0.2) is 86.4 Å². The van der Waals surface area contributed by atoms with Crippen molar-refractivity contribution in [1.29, 1.82) is 0 Å². The number of benzene rings is 3. The van der Waals surface area contributed by atoms with Gasteiger partial charge in [0, 0.05) is 27.7 Å². The molecule has 0 fully saturated rings. The van der Waals surface area contributed by atoms with Crippen LogP contribution in [0.5, 0.6) is 0 Å². The van der Waals surface area contributed by atoms with Crippen molar-refractivity contribution in [2.45, 2.75) is 0 Å². The highest BCUT2D eigenvalue weighted by Crippen LogP contribution is 2.26. The number of hydrogen-bond donors (Lipinski definition) is 1. The molecule has 0 aliphatic rings. The van der Waals surface area contributed by atoms with Crippen LogP contribution in [0.25, 0.3) is 33.3 Å². The molecule has 0 radical (unpaired) electrons. The fourth-order valence-corrected chi connectivity index (χ4v) is 3.49. The van der Waals surface area contributed by atoms with E-state index in [1.54, 1.807) is 36.4 Å². The maximum Gasteiger partial charge on any atom is 0.291 e. The predicted octanol–water partition coefficient (Wildman–Crippen LogP) is 6.25. The molecule has 0 unspecified atom stereocenters. The summed E-state index contributed by atoms with van der Waals surface area (Å²) in [6.07, 6.45) is 0. The van der Waals surface area contributed by atoms with Crippen LogP contribution < -0.4 is 10.7 Å². The second kappa shape index (κ2) is 7.41. The molecule has 2 heterocycles. The molecule has 2 aromatic heterocycles. The summed E-state index contributed by atoms with van der Waals surface area (Å²) >= 11 is 5.97. The highest BCUT2D eigenvalue weighted by atomic mass is 35.5. The molecule has 0 saturated carbocycles. The number of furan rings is 1. The van der Waals surface area contributed by atoms with Gasteiger partial charge in [-0.3, -0.25) is 9.59 Å². The van der Waals surface area contributed by atoms with E-state index in [-0.39, 0.29) is 17.0 Å². The first-order valence-electron chi connectivity index (χ1n) is 9.30. The lowest BCUT2D eigenvalue weighted by molar-refractivity contribution is 0.0998. The number of nitrogens with one attached hydrogen (secondary N) is 1. The van der Waals surface area contributed by atoms with Crippen LogP contribution in [0.1, 0.15) is 10.6 Å². The topological polar surface area (TPSA) is 72.5 Å². The summed E-state index contributed by atoms with van der Waals surface area (Å²) < 4.78 is 24.5. The Hall–Kier alpha value is -3.90. The van der Waals surface area contributed by atoms with Gasteiger partial charge in [0.15, 0.2) is 11.2 Å². The molecule has 5 rings (SSSR count). The summed E-state index contributed by atoms with van der Waals surface area (Å²) in [6, 6.07) is 18.4. The molecule has 0 atom stereocenters. The van der Waals surface area contributed by atoms with Gasteiger partial charge >= 0.3 is 0 Å². The van der Waals surface area contributed by atoms with Crippen LogP contribution >= 0.6 is 11.6 Å². The lowest BCUT2D eigenvalue weighted by Crippen LogP contribution is -2.11. The summed E-state index contributed by atoms with van der Waals surface area (Å²) in [6.45, 7) is 0. The molecule has 0 saturated heterocycles. The maximum atomic E-state index is 13.1. The normalized spacial score (nSPS) is 11.2. The first-order chi connectivity index (χ1) is 15.0. The summed E-state index contributed by atoms with van der Waals surface area (Å²) in [4.78, 5) is 25.2. The minimum atomic E-state index is -0.459. The van der Waals surface area contributed by atoms with Crippen LogP contribution in [0.4, 0.5) is 10.1 Å². The zero-order chi connectivity index (χ0) is 21.5. The van der Waals surface area contributed by atoms with Gasteiger partial charge in [-0.1, -0.05) is 11.6 Å². The minimum absolute atomic E-state index is 0.121. The van der Waals surface area contributed by atoms with Gasteiger partial charge in [0.05, 0.1) is 5.39 Å². The molecular formula is C24H13ClFNO4. The molecule has 3 aromatic carbocycles. The van der Waals surface area contributed by atoms with E-state index in [0.29, 0.717) is 44.0 Å². The second-order valence-electron chi connectivity index (χ2n) is 6.94. The van der Waals surface area contributed by atoms with E-state index >= 15 is 0 Å². The molecule has 0 aliphatic carbocycles. The Morgan fingerprint density at radius 2 is 1.65 bits per heavy atom. The van der Waals surface area contributed by atoms with E-state index in [9.17, 15) is 14.0 Å². The van der Waals surface area contributed by atoms with Crippen molar-refractivity contribution in [3.63, 3.8) is 0 Å². The zero-order valence-electron chi connectivity index (χ0n) is 15.8. The third kappa shape index (κ3) is 3.69. The Kier molecular flexibility index (Phi) is 4.56. The van der Waals surface area contributed by atoms with Crippen molar-refractivity contribution in [1.82, 2.24) is 0 Å². The van der Waals surface area contributed by atoms with Crippen molar-refractivity contribution >= 4 is 45.1 Å². The average molecular weight is 434 g/mol. The monoisotopic (exact) mass is 433 g/mol. The fraction of sp³-hybridized carbons (Fsp3) is 0. The standard InChI is InChI=1S/C24H13ClFNO4/c25-15-3-7-20-14(9-15)10-23(30-20)24(29)27-17-6-8-21-18(11-17)19(28)12-22(31-21)13-1-4-16(26)5-2-13/h1-12H,(H,27,29). The lowest BCUT2D eigenvalue weighted by atomic mass is 10.1. The summed E-state index contributed by atoms with van der Waals surface area (Å²) in [7, 11) is 0. The van der Waals surface area contributed by atoms with Crippen LogP contribution in [-0.2, 0) is 0 Å². The number of anilines is 1. The van der Waals surface area contributed by atoms with Crippen molar-refractivity contribution in [2.75, 3.05) is 5.32 Å². The van der Waals surface area contributed by atoms with Crippen LogP contribution in [0, 0.1) is 5.82 Å². The predicted molar refractivity (Wildman–Crippen MR) is 117 cm³/mol. The third-order valence-corrected chi connectivity index (χ3v) is 5.05. The van der Waals surface area contributed by atoms with E-state index in [1.165, 1.54) is 36.4 Å². The third-order valence-electron chi connectivity index (χ3n) is 4.82. The molecule has 1 amide bonds. The van der Waals surface area contributed by atoms with Gasteiger partial charge in [0.1, 0.15) is 22.7 Å². The Balaban J connectivity index is 1.45. The maximum absolute atomic E-state index is 13.1. The smallest absolute Gasteiger partial charge is 0.291 e. The van der Waals surface area contributed by atoms with Crippen LogP contribution in [0.3, 0.4) is 0 Å². The molecule has 0 spiro atoms. The Labute approximate surface area is 179 Å². The molecular weight excluding hydrogens is 421 g/mol.